The van der Waals surface area contributed by atoms with Crippen LogP contribution in [0, 0.1) is 33.8 Å². The molecule has 0 radical (unpaired) electrons. The van der Waals surface area contributed by atoms with Crippen LogP contribution in [0.15, 0.2) is 24.3 Å². The van der Waals surface area contributed by atoms with Gasteiger partial charge in [-0.1, -0.05) is 6.07 Å². The van der Waals surface area contributed by atoms with E-state index in [1.165, 1.54) is 18.2 Å². The Balaban J connectivity index is 1.31. The summed E-state index contributed by atoms with van der Waals surface area (Å²) in [7, 11) is 0. The smallest absolute Gasteiger partial charge is 0.326 e. The van der Waals surface area contributed by atoms with Crippen LogP contribution in [-0.2, 0) is 23.9 Å². The number of likely N-dealkylation sites (tertiary alicyclic amines) is 1. The van der Waals surface area contributed by atoms with Gasteiger partial charge in [-0.2, -0.15) is 0 Å². The fourth-order valence-electron chi connectivity index (χ4n) is 4.78. The maximum Gasteiger partial charge on any atom is 0.326 e. The molecule has 1 aliphatic heterocycles. The molecule has 31 heavy (non-hydrogen) atoms. The maximum atomic E-state index is 12.7. The van der Waals surface area contributed by atoms with Crippen molar-refractivity contribution in [1.82, 2.24) is 4.90 Å². The highest BCUT2D eigenvalue weighted by Crippen LogP contribution is 2.59. The number of carbonyl (C=O) groups excluding carboxylic acids is 4. The molecule has 2 saturated carbocycles. The van der Waals surface area contributed by atoms with Crippen LogP contribution >= 0.6 is 23.2 Å². The number of nitrogens with one attached hydrogen (secondary N) is 1. The predicted octanol–water partition coefficient (Wildman–Crippen LogP) is 1.54. The molecule has 1 N–H and O–H groups in total. The Morgan fingerprint density at radius 3 is 2.35 bits per heavy atom. The number of esters is 1. The molecule has 6 atom stereocenters. The zero-order valence-electron chi connectivity index (χ0n) is 15.9. The summed E-state index contributed by atoms with van der Waals surface area (Å²) in [6, 6.07) is 5.25. The zero-order chi connectivity index (χ0) is 22.4. The van der Waals surface area contributed by atoms with Gasteiger partial charge in [-0.15, -0.1) is 23.2 Å². The lowest BCUT2D eigenvalue weighted by Gasteiger charge is -2.28. The lowest BCUT2D eigenvalue weighted by Crippen LogP contribution is -2.38. The molecular weight excluding hydrogens is 453 g/mol. The predicted molar refractivity (Wildman–Crippen MR) is 107 cm³/mol. The zero-order valence-corrected chi connectivity index (χ0v) is 17.4. The third kappa shape index (κ3) is 3.74. The van der Waals surface area contributed by atoms with E-state index in [1.807, 2.05) is 0 Å². The van der Waals surface area contributed by atoms with Gasteiger partial charge in [-0.3, -0.25) is 34.2 Å². The first-order valence-electron chi connectivity index (χ1n) is 9.52. The molecule has 10 nitrogen and oxygen atoms in total. The van der Waals surface area contributed by atoms with Crippen LogP contribution in [0.3, 0.4) is 0 Å². The number of hydrogen-bond acceptors (Lipinski definition) is 7. The van der Waals surface area contributed by atoms with Crippen molar-refractivity contribution in [2.45, 2.75) is 17.2 Å². The van der Waals surface area contributed by atoms with Crippen LogP contribution in [0.5, 0.6) is 0 Å². The molecule has 1 aromatic rings. The van der Waals surface area contributed by atoms with Gasteiger partial charge in [0.15, 0.2) is 6.61 Å². The summed E-state index contributed by atoms with van der Waals surface area (Å²) in [4.78, 5) is 60.5. The number of rotatable bonds is 6. The van der Waals surface area contributed by atoms with Crippen molar-refractivity contribution in [2.75, 3.05) is 18.5 Å². The molecule has 2 aliphatic carbocycles. The van der Waals surface area contributed by atoms with Gasteiger partial charge in [0.1, 0.15) is 6.54 Å². The topological polar surface area (TPSA) is 136 Å². The normalized spacial score (nSPS) is 31.0. The number of nitro benzene ring substituents is 1. The molecule has 3 aliphatic rings. The number of ether oxygens (including phenoxy) is 1. The van der Waals surface area contributed by atoms with E-state index >= 15 is 0 Å². The second-order valence-corrected chi connectivity index (χ2v) is 8.79. The highest BCUT2D eigenvalue weighted by Gasteiger charge is 2.66. The van der Waals surface area contributed by atoms with Crippen molar-refractivity contribution in [3.8, 4) is 0 Å². The molecule has 1 heterocycles. The van der Waals surface area contributed by atoms with E-state index in [0.717, 1.165) is 11.0 Å². The molecule has 164 valence electrons. The summed E-state index contributed by atoms with van der Waals surface area (Å²) >= 11 is 12.6. The third-order valence-corrected chi connectivity index (χ3v) is 7.39. The van der Waals surface area contributed by atoms with E-state index in [-0.39, 0.29) is 23.2 Å². The summed E-state index contributed by atoms with van der Waals surface area (Å²) in [6.45, 7) is -1.28. The Kier molecular flexibility index (Phi) is 5.61. The first-order chi connectivity index (χ1) is 14.7. The fourth-order valence-corrected chi connectivity index (χ4v) is 5.67. The summed E-state index contributed by atoms with van der Waals surface area (Å²) < 4.78 is 4.86. The molecule has 0 spiro atoms. The number of amides is 3. The van der Waals surface area contributed by atoms with Crippen molar-refractivity contribution in [1.29, 1.82) is 0 Å². The summed E-state index contributed by atoms with van der Waals surface area (Å²) in [5.41, 5.74) is -0.0477. The summed E-state index contributed by atoms with van der Waals surface area (Å²) in [5.74, 6) is -4.11. The first-order valence-corrected chi connectivity index (χ1v) is 10.4. The van der Waals surface area contributed by atoms with Gasteiger partial charge in [0.2, 0.25) is 11.8 Å². The number of non-ortho nitro benzene ring substituents is 1. The van der Waals surface area contributed by atoms with Gasteiger partial charge in [-0.25, -0.2) is 0 Å². The molecule has 1 saturated heterocycles. The first kappa shape index (κ1) is 21.5. The van der Waals surface area contributed by atoms with E-state index in [0.29, 0.717) is 6.42 Å². The summed E-state index contributed by atoms with van der Waals surface area (Å²) in [5, 5.41) is 12.4. The number of alkyl halides is 2. The van der Waals surface area contributed by atoms with Gasteiger partial charge in [0.25, 0.3) is 11.6 Å². The number of nitrogens with zero attached hydrogens (tertiary/aromatic N) is 2. The Morgan fingerprint density at radius 1 is 1.16 bits per heavy atom. The van der Waals surface area contributed by atoms with Crippen molar-refractivity contribution in [3.63, 3.8) is 0 Å². The number of anilines is 1. The quantitative estimate of drug-likeness (QED) is 0.219. The Morgan fingerprint density at radius 2 is 1.77 bits per heavy atom. The van der Waals surface area contributed by atoms with Crippen LogP contribution in [0.4, 0.5) is 11.4 Å². The molecule has 3 fully saturated rings. The average Bonchev–Trinajstić information content (AvgIpc) is 3.33. The number of hydrogen-bond donors (Lipinski definition) is 1. The Bertz CT molecular complexity index is 955. The highest BCUT2D eigenvalue weighted by atomic mass is 35.5. The average molecular weight is 470 g/mol. The minimum atomic E-state index is -0.923. The van der Waals surface area contributed by atoms with Crippen LogP contribution in [0.2, 0.25) is 0 Å². The SMILES string of the molecule is O=C(COC(=O)CN1C(=O)[C@@H]2[C@H]3C[C@@H]([C@H](Cl)[C@@H]3Cl)[C@@H]2C1=O)Nc1cccc([N+](=O)[O-])c1. The number of fused-ring (bicyclic) bond motifs is 5. The van der Waals surface area contributed by atoms with Gasteiger partial charge in [0.05, 0.1) is 27.5 Å². The number of halogens is 2. The largest absolute Gasteiger partial charge is 0.454 e. The van der Waals surface area contributed by atoms with Crippen molar-refractivity contribution in [3.05, 3.63) is 34.4 Å². The van der Waals surface area contributed by atoms with Crippen LogP contribution in [0.25, 0.3) is 0 Å². The molecule has 2 bridgehead atoms. The lowest BCUT2D eigenvalue weighted by molar-refractivity contribution is -0.384. The second kappa shape index (κ2) is 8.08. The van der Waals surface area contributed by atoms with E-state index < -0.39 is 64.4 Å². The van der Waals surface area contributed by atoms with E-state index in [9.17, 15) is 29.3 Å². The monoisotopic (exact) mass is 469 g/mol. The third-order valence-electron chi connectivity index (χ3n) is 6.07. The van der Waals surface area contributed by atoms with Crippen LogP contribution in [0.1, 0.15) is 6.42 Å². The molecular formula is C19H17Cl2N3O7. The summed E-state index contributed by atoms with van der Waals surface area (Å²) in [6.07, 6.45) is 0.616. The van der Waals surface area contributed by atoms with Crippen LogP contribution in [-0.4, -0.2) is 57.4 Å². The van der Waals surface area contributed by atoms with Crippen molar-refractivity contribution >= 4 is 58.3 Å². The lowest BCUT2D eigenvalue weighted by atomic mass is 9.80. The number of carbonyl (C=O) groups is 4. The number of imide groups is 1. The van der Waals surface area contributed by atoms with Gasteiger partial charge in [0, 0.05) is 17.8 Å². The maximum absolute atomic E-state index is 12.7. The second-order valence-electron chi connectivity index (χ2n) is 7.78. The molecule has 0 unspecified atom stereocenters. The van der Waals surface area contributed by atoms with E-state index in [2.05, 4.69) is 5.32 Å². The molecule has 3 amide bonds. The van der Waals surface area contributed by atoms with Gasteiger partial charge in [-0.05, 0) is 24.3 Å². The minimum Gasteiger partial charge on any atom is -0.454 e. The van der Waals surface area contributed by atoms with E-state index in [4.69, 9.17) is 27.9 Å². The van der Waals surface area contributed by atoms with E-state index in [1.54, 1.807) is 0 Å². The standard InChI is InChI=1S/C19H17Cl2N3O7/c20-16-10-5-11(17(16)21)15-14(10)18(27)23(19(15)28)6-13(26)31-7-12(25)22-8-2-1-3-9(4-8)24(29)30/h1-4,10-11,14-17H,5-7H2,(H,22,25)/t10-,11-,14-,15+,16-,17+/m1/s1. The van der Waals surface area contributed by atoms with Crippen LogP contribution < -0.4 is 5.32 Å². The van der Waals surface area contributed by atoms with Gasteiger partial charge < -0.3 is 10.1 Å². The minimum absolute atomic E-state index is 0.162. The van der Waals surface area contributed by atoms with Crippen molar-refractivity contribution < 1.29 is 28.8 Å². The molecule has 1 aromatic carbocycles. The highest BCUT2D eigenvalue weighted by molar-refractivity contribution is 6.31. The molecule has 4 rings (SSSR count). The number of nitro groups is 1. The fraction of sp³-hybridized carbons (Fsp3) is 0.474. The Hall–Kier alpha value is -2.72. The Labute approximate surface area is 185 Å². The molecule has 0 aromatic heterocycles. The van der Waals surface area contributed by atoms with Crippen molar-refractivity contribution in [2.24, 2.45) is 23.7 Å². The number of benzene rings is 1. The molecule has 12 heteroatoms. The van der Waals surface area contributed by atoms with Gasteiger partial charge >= 0.3 is 5.97 Å².